The predicted octanol–water partition coefficient (Wildman–Crippen LogP) is 47.8. The highest BCUT2D eigenvalue weighted by Gasteiger charge is 2.66. The lowest BCUT2D eigenvalue weighted by atomic mass is 9.57. The maximum absolute atomic E-state index is 13.3. The molecule has 0 radical (unpaired) electrons. The molecule has 0 aromatic carbocycles. The van der Waals surface area contributed by atoms with Crippen molar-refractivity contribution in [2.45, 2.75) is 563 Å². The van der Waals surface area contributed by atoms with E-state index in [9.17, 15) is 132 Å². The molecule has 4 unspecified atom stereocenters. The van der Waals surface area contributed by atoms with Gasteiger partial charge in [0.25, 0.3) is 0 Å². The summed E-state index contributed by atoms with van der Waals surface area (Å²) in [7, 11) is 0. The summed E-state index contributed by atoms with van der Waals surface area (Å²) in [4.78, 5) is 0. The molecule has 0 nitrogen and oxygen atoms in total. The number of alkyl halides is 30. The van der Waals surface area contributed by atoms with Crippen molar-refractivity contribution >= 4 is 0 Å². The van der Waals surface area contributed by atoms with Crippen molar-refractivity contribution in [1.82, 2.24) is 0 Å². The zero-order valence-electron chi connectivity index (χ0n) is 99.6. The SMILES string of the molecule is CC(C)C(C(C)C)C(C)(C(C)C)C(F)(F)F.CC(C)C(C)(C(C)C)C(F)(F)F.CCC(C)(CC)C(C)(C(C)C)C(F)(F)F.CCC(C)(CC)C(C)(CC)C(F)(F)F.CCC(CC)C(C)(C(C)C)C(F)(F)F.CCCC(C)(CCC)C(F)(F)F.CCC[C@@](C)(C(C(C)C)C(C)C)C(F)(F)F.CCC[C@@](C)(C(CC)CC)C(F)(F)F.CCC[C@](C)(C(F)(F)F)C(C)(CC)CC.CC[C@@](C)(C(C(C)C)C(C)C)C(F)(F)F. The molecule has 0 bridgehead atoms. The summed E-state index contributed by atoms with van der Waals surface area (Å²) in [6.07, 6.45) is -30.9. The van der Waals surface area contributed by atoms with Crippen molar-refractivity contribution in [3.63, 3.8) is 0 Å². The Hall–Kier alpha value is -2.10. The minimum Gasteiger partial charge on any atom is -0.171 e. The van der Waals surface area contributed by atoms with E-state index < -0.39 is 144 Å². The molecule has 0 aliphatic carbocycles. The van der Waals surface area contributed by atoms with Crippen LogP contribution in [0.25, 0.3) is 0 Å². The molecular weight excluding hydrogens is 1930 g/mol. The molecule has 0 spiro atoms. The molecule has 30 heteroatoms. The van der Waals surface area contributed by atoms with Gasteiger partial charge in [-0.05, 0) is 194 Å². The standard InChI is InChI=1S/2C13H25F3.3C12H23F3.3C11H21F3.2C9H17F3/c1-8(2)11(9(3)4)12(7,10(5)6)13(14,15)16;1-7-8-12(6,13(14,15)16)11(9(2)3)10(4)5;1-7-10(5,8-2)11(6,9(3)4)12(13,14)15;1-7-11(6,12(13,14)15)10(8(2)3)9(4)5;1-6-9-11(5,12(13,14)15)10(4,7-2)8-3;1-6-9(4,7-2)10(5,8-3)11(12,13)14;1-6-9(7-2)10(5,8(3)4)11(12,13)14;1-5-8-10(4,11(12,13)14)9(6-2)7-3;1-6(2)8(5,7(3)4)9(10,11)12;1-4-6-8(3,7-5-2)9(10,11)12/h8-11H,1-7H3;9-11H,7-8H2,1-6H3;9H,7-8H2,1-6H3;8-10H,7H2,1-6H3;6-9H2,1-5H3;6-8H2,1-5H3;8-9H,6-7H2,1-5H3;9H,5-8H2,1-4H3;6-7H,1-5H3;4-7H2,1-3H3/t;12-;;2*11-;;;10-;;/m.0.00..0../s1. The van der Waals surface area contributed by atoms with Gasteiger partial charge in [-0.25, -0.2) is 0 Å². The van der Waals surface area contributed by atoms with E-state index in [1.54, 1.807) is 118 Å². The molecule has 0 aromatic rings. The van der Waals surface area contributed by atoms with Crippen molar-refractivity contribution in [2.75, 3.05) is 0 Å². The molecule has 0 aliphatic heterocycles. The Morgan fingerprint density at radius 2 is 0.385 bits per heavy atom. The maximum Gasteiger partial charge on any atom is 0.395 e. The monoisotopic (exact) mass is 2140 g/mol. The number of halogens is 30. The van der Waals surface area contributed by atoms with E-state index in [0.717, 1.165) is 0 Å². The van der Waals surface area contributed by atoms with Crippen LogP contribution in [0.4, 0.5) is 132 Å². The van der Waals surface area contributed by atoms with Gasteiger partial charge in [-0.15, -0.1) is 0 Å². The number of hydrogen-bond acceptors (Lipinski definition) is 0. The van der Waals surface area contributed by atoms with Crippen LogP contribution in [-0.4, -0.2) is 61.8 Å². The Bertz CT molecular complexity index is 3110. The summed E-state index contributed by atoms with van der Waals surface area (Å²) >= 11 is 0. The first-order valence-corrected chi connectivity index (χ1v) is 53.8. The van der Waals surface area contributed by atoms with Crippen LogP contribution in [0.5, 0.6) is 0 Å². The van der Waals surface area contributed by atoms with Crippen LogP contribution in [0.3, 0.4) is 0 Å². The van der Waals surface area contributed by atoms with E-state index in [4.69, 9.17) is 0 Å². The molecular formula is C113H216F30. The lowest BCUT2D eigenvalue weighted by Gasteiger charge is -2.49. The molecule has 8 atom stereocenters. The summed E-state index contributed by atoms with van der Waals surface area (Å²) in [5, 5.41) is 0. The quantitative estimate of drug-likeness (QED) is 0.0535. The average molecular weight is 2140 g/mol. The highest BCUT2D eigenvalue weighted by Crippen LogP contribution is 2.63. The van der Waals surface area contributed by atoms with Crippen molar-refractivity contribution in [3.8, 4) is 0 Å². The third-order valence-electron chi connectivity index (χ3n) is 36.4. The van der Waals surface area contributed by atoms with Gasteiger partial charge in [0.15, 0.2) is 0 Å². The van der Waals surface area contributed by atoms with Crippen LogP contribution in [0, 0.1) is 165 Å². The summed E-state index contributed by atoms with van der Waals surface area (Å²) in [5.74, 6) is -3.13. The second-order valence-corrected chi connectivity index (χ2v) is 47.6. The summed E-state index contributed by atoms with van der Waals surface area (Å²) in [5.41, 5.74) is -17.5. The molecule has 0 saturated carbocycles. The molecule has 0 fully saturated rings. The van der Waals surface area contributed by atoms with Gasteiger partial charge in [0, 0.05) is 0 Å². The lowest BCUT2D eigenvalue weighted by Crippen LogP contribution is -2.51. The van der Waals surface area contributed by atoms with Crippen molar-refractivity contribution in [1.29, 1.82) is 0 Å². The molecule has 0 N–H and O–H groups in total. The van der Waals surface area contributed by atoms with Gasteiger partial charge in [-0.1, -0.05) is 418 Å². The fourth-order valence-electron chi connectivity index (χ4n) is 23.1. The minimum absolute atomic E-state index is 0.0361. The molecule has 0 aliphatic rings. The highest BCUT2D eigenvalue weighted by molar-refractivity contribution is 5.02. The Kier molecular flexibility index (Phi) is 71.7. The topological polar surface area (TPSA) is 0 Å². The molecule has 0 amide bonds. The van der Waals surface area contributed by atoms with Gasteiger partial charge in [-0.2, -0.15) is 132 Å². The fraction of sp³-hybridized carbons (Fsp3) is 1.00. The first kappa shape index (κ1) is 161. The lowest BCUT2D eigenvalue weighted by molar-refractivity contribution is -0.275. The van der Waals surface area contributed by atoms with Gasteiger partial charge in [0.1, 0.15) is 0 Å². The first-order valence-electron chi connectivity index (χ1n) is 53.8. The Labute approximate surface area is 856 Å². The Balaban J connectivity index is -0.000000172. The van der Waals surface area contributed by atoms with E-state index in [-0.39, 0.29) is 128 Å². The second kappa shape index (κ2) is 63.7. The van der Waals surface area contributed by atoms with E-state index in [2.05, 4.69) is 0 Å². The van der Waals surface area contributed by atoms with Crippen LogP contribution >= 0.6 is 0 Å². The largest absolute Gasteiger partial charge is 0.395 e. The predicted molar refractivity (Wildman–Crippen MR) is 545 cm³/mol. The zero-order valence-corrected chi connectivity index (χ0v) is 99.6. The second-order valence-electron chi connectivity index (χ2n) is 47.6. The summed E-state index contributed by atoms with van der Waals surface area (Å²) in [6, 6.07) is 0. The Morgan fingerprint density at radius 3 is 0.497 bits per heavy atom. The normalized spacial score (nSPS) is 17.0. The zero-order chi connectivity index (χ0) is 118. The third-order valence-corrected chi connectivity index (χ3v) is 36.4. The van der Waals surface area contributed by atoms with Crippen molar-refractivity contribution in [3.05, 3.63) is 0 Å². The smallest absolute Gasteiger partial charge is 0.171 e. The number of rotatable bonds is 41. The summed E-state index contributed by atoms with van der Waals surface area (Å²) < 4.78 is 390. The molecule has 0 rings (SSSR count). The van der Waals surface area contributed by atoms with Gasteiger partial charge >= 0.3 is 61.8 Å². The number of hydrogen-bond donors (Lipinski definition) is 0. The van der Waals surface area contributed by atoms with E-state index in [0.29, 0.717) is 96.3 Å². The molecule has 878 valence electrons. The van der Waals surface area contributed by atoms with Gasteiger partial charge in [0.05, 0.1) is 54.1 Å². The Morgan fingerprint density at radius 1 is 0.161 bits per heavy atom. The van der Waals surface area contributed by atoms with E-state index in [1.165, 1.54) is 69.2 Å². The van der Waals surface area contributed by atoms with Gasteiger partial charge in [0.2, 0.25) is 0 Å². The third kappa shape index (κ3) is 42.3. The molecule has 0 heterocycles. The fourth-order valence-corrected chi connectivity index (χ4v) is 23.1. The van der Waals surface area contributed by atoms with Gasteiger partial charge in [-0.3, -0.25) is 0 Å². The van der Waals surface area contributed by atoms with Crippen LogP contribution in [0.1, 0.15) is 501 Å². The van der Waals surface area contributed by atoms with Crippen LogP contribution in [-0.2, 0) is 0 Å². The molecule has 0 saturated heterocycles. The maximum atomic E-state index is 13.3. The van der Waals surface area contributed by atoms with Crippen LogP contribution in [0.2, 0.25) is 0 Å². The van der Waals surface area contributed by atoms with E-state index >= 15 is 0 Å². The van der Waals surface area contributed by atoms with Crippen molar-refractivity contribution in [2.24, 2.45) is 165 Å². The minimum atomic E-state index is -4.14. The van der Waals surface area contributed by atoms with E-state index in [1.807, 2.05) is 173 Å². The van der Waals surface area contributed by atoms with Crippen molar-refractivity contribution < 1.29 is 132 Å². The average Bonchev–Trinajstić information content (AvgIpc) is 0.803. The molecule has 0 aromatic heterocycles. The van der Waals surface area contributed by atoms with Crippen LogP contribution in [0.15, 0.2) is 0 Å². The van der Waals surface area contributed by atoms with Gasteiger partial charge < -0.3 is 0 Å². The highest BCUT2D eigenvalue weighted by atomic mass is 19.4. The molecule has 143 heavy (non-hydrogen) atoms. The first-order chi connectivity index (χ1) is 63.1. The summed E-state index contributed by atoms with van der Waals surface area (Å²) in [6.45, 7) is 88.6. The van der Waals surface area contributed by atoms with Crippen LogP contribution < -0.4 is 0 Å².